The van der Waals surface area contributed by atoms with Crippen LogP contribution >= 0.6 is 27.7 Å². The molecule has 33 heavy (non-hydrogen) atoms. The number of nitrogens with zero attached hydrogens (tertiary/aromatic N) is 3. The molecule has 0 atom stereocenters. The van der Waals surface area contributed by atoms with Crippen molar-refractivity contribution in [1.82, 2.24) is 15.6 Å². The van der Waals surface area contributed by atoms with Crippen molar-refractivity contribution >= 4 is 39.3 Å². The Labute approximate surface area is 203 Å². The number of carbonyl (C=O) groups excluding carboxylic acids is 1. The highest BCUT2D eigenvalue weighted by Gasteiger charge is 2.24. The minimum absolute atomic E-state index is 0.103. The molecule has 4 rings (SSSR count). The van der Waals surface area contributed by atoms with E-state index in [9.17, 15) is 9.90 Å². The average molecular weight is 522 g/mol. The molecule has 1 amide bonds. The molecular formula is C24H20BrN5O2S. The first-order valence-electron chi connectivity index (χ1n) is 10.1. The van der Waals surface area contributed by atoms with Gasteiger partial charge in [-0.25, -0.2) is 5.43 Å². The highest BCUT2D eigenvalue weighted by molar-refractivity contribution is 9.10. The van der Waals surface area contributed by atoms with Crippen molar-refractivity contribution in [3.63, 3.8) is 0 Å². The largest absolute Gasteiger partial charge is 0.872 e. The van der Waals surface area contributed by atoms with Gasteiger partial charge in [-0.3, -0.25) is 4.79 Å². The fourth-order valence-electron chi connectivity index (χ4n) is 3.11. The normalized spacial score (nSPS) is 11.4. The molecule has 0 bridgehead atoms. The number of rotatable bonds is 7. The second-order valence-corrected chi connectivity index (χ2v) is 8.94. The molecule has 0 aliphatic rings. The van der Waals surface area contributed by atoms with E-state index in [1.165, 1.54) is 23.9 Å². The van der Waals surface area contributed by atoms with Gasteiger partial charge in [0.25, 0.3) is 11.7 Å². The maximum atomic E-state index is 12.4. The molecule has 2 N–H and O–H groups in total. The van der Waals surface area contributed by atoms with Crippen LogP contribution in [-0.4, -0.2) is 27.6 Å². The van der Waals surface area contributed by atoms with Crippen molar-refractivity contribution in [3.8, 4) is 22.8 Å². The lowest BCUT2D eigenvalue weighted by molar-refractivity contribution is -0.625. The molecule has 9 heteroatoms. The van der Waals surface area contributed by atoms with Gasteiger partial charge in [0.15, 0.2) is 0 Å². The van der Waals surface area contributed by atoms with E-state index in [1.54, 1.807) is 19.1 Å². The molecule has 3 aromatic carbocycles. The monoisotopic (exact) mass is 521 g/mol. The number of benzene rings is 3. The Bertz CT molecular complexity index is 1290. The van der Waals surface area contributed by atoms with Gasteiger partial charge in [0.1, 0.15) is 5.69 Å². The molecule has 0 unspecified atom stereocenters. The van der Waals surface area contributed by atoms with Gasteiger partial charge < -0.3 is 5.11 Å². The number of nitrogens with one attached hydrogen (secondary N) is 2. The van der Waals surface area contributed by atoms with Crippen molar-refractivity contribution in [2.45, 2.75) is 12.1 Å². The number of thioether (sulfide) groups is 1. The summed E-state index contributed by atoms with van der Waals surface area (Å²) in [5.74, 6) is 0.555. The van der Waals surface area contributed by atoms with Crippen LogP contribution in [0.4, 0.5) is 0 Å². The zero-order chi connectivity index (χ0) is 23.2. The van der Waals surface area contributed by atoms with E-state index in [-0.39, 0.29) is 17.4 Å². The third kappa shape index (κ3) is 5.68. The molecule has 0 fully saturated rings. The standard InChI is InChI=1S/C24H20BrN5O2S/c1-16(18-8-5-9-21(31)14-18)26-27-22(32)15-33-24-29-28-23(17-6-3-2-4-7-17)30(24)20-12-10-19(25)11-13-20/h2-14H,15H2,1H3,(H2,27,31,32)/b26-16+. The second-order valence-electron chi connectivity index (χ2n) is 7.08. The van der Waals surface area contributed by atoms with Crippen LogP contribution in [0.2, 0.25) is 0 Å². The Morgan fingerprint density at radius 2 is 1.88 bits per heavy atom. The molecule has 0 radical (unpaired) electrons. The lowest BCUT2D eigenvalue weighted by Crippen LogP contribution is -2.34. The summed E-state index contributed by atoms with van der Waals surface area (Å²) in [5, 5.41) is 23.8. The summed E-state index contributed by atoms with van der Waals surface area (Å²) in [6.45, 7) is 1.74. The zero-order valence-corrected chi connectivity index (χ0v) is 20.1. The van der Waals surface area contributed by atoms with E-state index in [4.69, 9.17) is 0 Å². The summed E-state index contributed by atoms with van der Waals surface area (Å²) in [6.07, 6.45) is 0. The van der Waals surface area contributed by atoms with E-state index < -0.39 is 0 Å². The molecule has 0 saturated heterocycles. The predicted octanol–water partition coefficient (Wildman–Crippen LogP) is 3.82. The first kappa shape index (κ1) is 22.8. The van der Waals surface area contributed by atoms with Crippen molar-refractivity contribution in [3.05, 3.63) is 88.9 Å². The summed E-state index contributed by atoms with van der Waals surface area (Å²) in [7, 11) is 0. The zero-order valence-electron chi connectivity index (χ0n) is 17.7. The average Bonchev–Trinajstić information content (AvgIpc) is 3.26. The molecule has 1 aromatic heterocycles. The van der Waals surface area contributed by atoms with Crippen molar-refractivity contribution in [2.24, 2.45) is 5.10 Å². The fourth-order valence-corrected chi connectivity index (χ4v) is 4.13. The molecule has 166 valence electrons. The first-order chi connectivity index (χ1) is 16.0. The summed E-state index contributed by atoms with van der Waals surface area (Å²) in [4.78, 5) is 12.4. The first-order valence-corrected chi connectivity index (χ1v) is 11.8. The van der Waals surface area contributed by atoms with Crippen molar-refractivity contribution in [2.75, 3.05) is 5.75 Å². The molecule has 0 saturated carbocycles. The Morgan fingerprint density at radius 1 is 1.12 bits per heavy atom. The Hall–Kier alpha value is -3.43. The van der Waals surface area contributed by atoms with Crippen LogP contribution in [0.15, 0.2) is 93.6 Å². The number of H-pyrrole nitrogens is 1. The second kappa shape index (κ2) is 10.5. The quantitative estimate of drug-likeness (QED) is 0.167. The molecule has 7 nitrogen and oxygen atoms in total. The van der Waals surface area contributed by atoms with Gasteiger partial charge in [-0.05, 0) is 60.6 Å². The maximum absolute atomic E-state index is 12.4. The molecule has 4 aromatic rings. The number of halogens is 1. The van der Waals surface area contributed by atoms with Gasteiger partial charge >= 0.3 is 5.16 Å². The number of hydrogen-bond donors (Lipinski definition) is 2. The van der Waals surface area contributed by atoms with E-state index >= 15 is 0 Å². The number of hydrogen-bond acceptors (Lipinski definition) is 5. The van der Waals surface area contributed by atoms with Crippen LogP contribution in [0.5, 0.6) is 5.75 Å². The molecule has 0 spiro atoms. The van der Waals surface area contributed by atoms with Crippen LogP contribution in [-0.2, 0) is 4.79 Å². The fraction of sp³-hybridized carbons (Fsp3) is 0.0833. The summed E-state index contributed by atoms with van der Waals surface area (Å²) >= 11 is 4.77. The van der Waals surface area contributed by atoms with Gasteiger partial charge in [-0.2, -0.15) is 9.67 Å². The van der Waals surface area contributed by atoms with Crippen molar-refractivity contribution in [1.29, 1.82) is 0 Å². The topological polar surface area (TPSA) is 97.1 Å². The van der Waals surface area contributed by atoms with Crippen LogP contribution in [0.25, 0.3) is 17.1 Å². The van der Waals surface area contributed by atoms with Gasteiger partial charge in [0, 0.05) is 4.47 Å². The smallest absolute Gasteiger partial charge is 0.342 e. The number of carbonyl (C=O) groups is 1. The van der Waals surface area contributed by atoms with Crippen LogP contribution < -0.4 is 15.1 Å². The molecule has 0 aliphatic carbocycles. The van der Waals surface area contributed by atoms with Crippen LogP contribution in [0.3, 0.4) is 0 Å². The number of aromatic amines is 1. The third-order valence-corrected chi connectivity index (χ3v) is 6.20. The lowest BCUT2D eigenvalue weighted by Gasteiger charge is -2.07. The van der Waals surface area contributed by atoms with E-state index in [2.05, 4.69) is 36.7 Å². The molecule has 1 heterocycles. The minimum Gasteiger partial charge on any atom is -0.872 e. The summed E-state index contributed by atoms with van der Waals surface area (Å²) < 4.78 is 2.95. The highest BCUT2D eigenvalue weighted by Crippen LogP contribution is 2.21. The highest BCUT2D eigenvalue weighted by atomic mass is 79.9. The van der Waals surface area contributed by atoms with E-state index in [0.29, 0.717) is 16.4 Å². The predicted molar refractivity (Wildman–Crippen MR) is 130 cm³/mol. The summed E-state index contributed by atoms with van der Waals surface area (Å²) in [5.41, 5.74) is 5.67. The SMILES string of the molecule is C/C(=N\NC(=O)CSc1n[nH]c(-c2ccccc2)[n+]1-c1ccc(Br)cc1)c1cccc([O-])c1. The molecule has 0 aliphatic heterocycles. The number of aromatic nitrogens is 3. The third-order valence-electron chi connectivity index (χ3n) is 4.74. The Morgan fingerprint density at radius 3 is 2.61 bits per heavy atom. The van der Waals surface area contributed by atoms with E-state index in [1.807, 2.05) is 59.2 Å². The van der Waals surface area contributed by atoms with Crippen LogP contribution in [0.1, 0.15) is 12.5 Å². The number of amides is 1. The summed E-state index contributed by atoms with van der Waals surface area (Å²) in [6, 6.07) is 24.2. The number of hydrazone groups is 1. The van der Waals surface area contributed by atoms with Crippen LogP contribution in [0, 0.1) is 0 Å². The van der Waals surface area contributed by atoms with E-state index in [0.717, 1.165) is 21.5 Å². The Kier molecular flexibility index (Phi) is 7.21. The lowest BCUT2D eigenvalue weighted by atomic mass is 10.1. The van der Waals surface area contributed by atoms with Gasteiger partial charge in [0.05, 0.1) is 22.1 Å². The van der Waals surface area contributed by atoms with Gasteiger partial charge in [0.2, 0.25) is 0 Å². The van der Waals surface area contributed by atoms with Gasteiger partial charge in [-0.1, -0.05) is 58.4 Å². The van der Waals surface area contributed by atoms with Gasteiger partial charge in [-0.15, -0.1) is 10.8 Å². The maximum Gasteiger partial charge on any atom is 0.342 e. The molecular weight excluding hydrogens is 502 g/mol. The minimum atomic E-state index is -0.274. The van der Waals surface area contributed by atoms with Crippen molar-refractivity contribution < 1.29 is 14.5 Å². The Balaban J connectivity index is 1.52.